The first-order chi connectivity index (χ1) is 13.3. The fraction of sp³-hybridized carbons (Fsp3) is 0.333. The summed E-state index contributed by atoms with van der Waals surface area (Å²) in [5.41, 5.74) is -0.338. The molecule has 1 amide bonds. The van der Waals surface area contributed by atoms with Gasteiger partial charge in [0.25, 0.3) is 5.91 Å². The van der Waals surface area contributed by atoms with Crippen LogP contribution in [0.4, 0.5) is 10.1 Å². The third-order valence-electron chi connectivity index (χ3n) is 4.51. The summed E-state index contributed by atoms with van der Waals surface area (Å²) in [6.45, 7) is 2.20. The Morgan fingerprint density at radius 1 is 1.34 bits per heavy atom. The fourth-order valence-corrected chi connectivity index (χ4v) is 4.00. The minimum atomic E-state index is -4.30. The Balaban J connectivity index is 0.00000240. The molecule has 0 unspecified atom stereocenters. The molecule has 0 saturated heterocycles. The Morgan fingerprint density at radius 2 is 2.10 bits per heavy atom. The van der Waals surface area contributed by atoms with E-state index in [4.69, 9.17) is 9.47 Å². The third-order valence-corrected chi connectivity index (χ3v) is 5.83. The van der Waals surface area contributed by atoms with E-state index < -0.39 is 26.6 Å². The molecule has 1 fully saturated rings. The van der Waals surface area contributed by atoms with Crippen LogP contribution in [-0.4, -0.2) is 38.1 Å². The van der Waals surface area contributed by atoms with Crippen molar-refractivity contribution < 1.29 is 56.6 Å². The summed E-state index contributed by atoms with van der Waals surface area (Å²) < 4.78 is 53.6. The van der Waals surface area contributed by atoms with Crippen LogP contribution >= 0.6 is 0 Å². The molecule has 1 spiro atoms. The van der Waals surface area contributed by atoms with E-state index in [1.807, 2.05) is 0 Å². The number of carbonyl (C=O) groups excluding carboxylic acids is 1. The standard InChI is InChI=1S/C18H17FN3O5S.Na/c1-2-26-14-4-3-11(19)7-15(14)28(24,25)22-12-8-13-16(23)21-18(5-6-18)10-27-17(13)20-9-12;/h3-4,7-9H,2,5-6,10H2,1H3,(H,21,23);/q-1;+1. The van der Waals surface area contributed by atoms with Gasteiger partial charge in [-0.3, -0.25) is 4.79 Å². The first kappa shape index (κ1) is 21.8. The van der Waals surface area contributed by atoms with E-state index in [0.717, 1.165) is 25.0 Å². The number of nitrogens with zero attached hydrogens (tertiary/aromatic N) is 2. The first-order valence-corrected chi connectivity index (χ1v) is 10.1. The zero-order chi connectivity index (χ0) is 19.9. The Labute approximate surface area is 189 Å². The molecule has 1 aromatic heterocycles. The quantitative estimate of drug-likeness (QED) is 0.653. The average Bonchev–Trinajstić information content (AvgIpc) is 3.43. The van der Waals surface area contributed by atoms with Gasteiger partial charge in [-0.05, 0) is 38.0 Å². The van der Waals surface area contributed by atoms with Crippen molar-refractivity contribution in [1.82, 2.24) is 10.3 Å². The maximum atomic E-state index is 13.6. The van der Waals surface area contributed by atoms with Crippen molar-refractivity contribution in [3.63, 3.8) is 0 Å². The number of pyridine rings is 1. The smallest absolute Gasteiger partial charge is 0.571 e. The summed E-state index contributed by atoms with van der Waals surface area (Å²) in [5.74, 6) is -1.02. The number of aromatic nitrogens is 1. The molecule has 29 heavy (non-hydrogen) atoms. The van der Waals surface area contributed by atoms with Gasteiger partial charge in [0.05, 0.1) is 17.0 Å². The van der Waals surface area contributed by atoms with E-state index in [1.165, 1.54) is 18.3 Å². The van der Waals surface area contributed by atoms with Crippen molar-refractivity contribution in [2.24, 2.45) is 0 Å². The van der Waals surface area contributed by atoms with Crippen molar-refractivity contribution >= 4 is 21.6 Å². The monoisotopic (exact) mass is 429 g/mol. The largest absolute Gasteiger partial charge is 1.00 e. The summed E-state index contributed by atoms with van der Waals surface area (Å²) in [6.07, 6.45) is 2.82. The predicted molar refractivity (Wildman–Crippen MR) is 96.9 cm³/mol. The van der Waals surface area contributed by atoms with Crippen LogP contribution in [0.25, 0.3) is 4.72 Å². The van der Waals surface area contributed by atoms with E-state index >= 15 is 0 Å². The van der Waals surface area contributed by atoms with E-state index in [2.05, 4.69) is 15.0 Å². The topological polar surface area (TPSA) is 109 Å². The SMILES string of the molecule is CCOc1ccc(F)cc1S(=O)(=O)[N-]c1cnc2c(c1)C(=O)NC1(CC1)CO2.[Na+]. The van der Waals surface area contributed by atoms with Gasteiger partial charge >= 0.3 is 29.6 Å². The number of amides is 1. The van der Waals surface area contributed by atoms with Gasteiger partial charge in [-0.1, -0.05) is 6.07 Å². The number of halogens is 1. The molecule has 2 aliphatic rings. The number of sulfonamides is 1. The summed E-state index contributed by atoms with van der Waals surface area (Å²) >= 11 is 0. The maximum absolute atomic E-state index is 13.6. The molecule has 148 valence electrons. The van der Waals surface area contributed by atoms with Crippen molar-refractivity contribution in [1.29, 1.82) is 0 Å². The molecule has 1 aliphatic heterocycles. The number of ether oxygens (including phenoxy) is 2. The summed E-state index contributed by atoms with van der Waals surface area (Å²) in [4.78, 5) is 16.1. The van der Waals surface area contributed by atoms with Crippen LogP contribution in [0.1, 0.15) is 30.1 Å². The second-order valence-electron chi connectivity index (χ2n) is 6.66. The van der Waals surface area contributed by atoms with Crippen molar-refractivity contribution in [2.45, 2.75) is 30.2 Å². The molecule has 1 N–H and O–H groups in total. The van der Waals surface area contributed by atoms with Gasteiger partial charge in [0.15, 0.2) is 0 Å². The van der Waals surface area contributed by atoms with Gasteiger partial charge in [0.1, 0.15) is 33.8 Å². The van der Waals surface area contributed by atoms with Gasteiger partial charge in [0, 0.05) is 6.20 Å². The van der Waals surface area contributed by atoms with Gasteiger partial charge in [-0.2, -0.15) is 0 Å². The first-order valence-electron chi connectivity index (χ1n) is 8.68. The number of nitrogens with one attached hydrogen (secondary N) is 1. The summed E-state index contributed by atoms with van der Waals surface area (Å²) in [5, 5.41) is 2.88. The molecule has 1 aliphatic carbocycles. The Morgan fingerprint density at radius 3 is 2.79 bits per heavy atom. The molecule has 0 atom stereocenters. The van der Waals surface area contributed by atoms with Crippen molar-refractivity contribution in [3.05, 3.63) is 46.6 Å². The normalized spacial score (nSPS) is 16.6. The predicted octanol–water partition coefficient (Wildman–Crippen LogP) is -0.328. The van der Waals surface area contributed by atoms with Crippen LogP contribution in [0.3, 0.4) is 0 Å². The number of fused-ring (bicyclic) bond motifs is 1. The second kappa shape index (κ2) is 8.10. The molecule has 1 saturated carbocycles. The van der Waals surface area contributed by atoms with Gasteiger partial charge in [0.2, 0.25) is 5.88 Å². The zero-order valence-corrected chi connectivity index (χ0v) is 18.8. The molecule has 2 aromatic rings. The molecule has 0 bridgehead atoms. The zero-order valence-electron chi connectivity index (χ0n) is 15.9. The van der Waals surface area contributed by atoms with Crippen molar-refractivity contribution in [3.8, 4) is 11.6 Å². The van der Waals surface area contributed by atoms with Gasteiger partial charge in [-0.15, -0.1) is 5.69 Å². The summed E-state index contributed by atoms with van der Waals surface area (Å²) in [6, 6.07) is 4.46. The molecule has 0 radical (unpaired) electrons. The third kappa shape index (κ3) is 4.50. The Bertz CT molecular complexity index is 1060. The Hall–Kier alpha value is -1.88. The molecular formula is C18H17FN3NaO5S. The fourth-order valence-electron chi connectivity index (χ4n) is 2.89. The Kier molecular flexibility index (Phi) is 6.09. The average molecular weight is 429 g/mol. The summed E-state index contributed by atoms with van der Waals surface area (Å²) in [7, 11) is -4.30. The van der Waals surface area contributed by atoms with Crippen LogP contribution < -0.4 is 44.3 Å². The van der Waals surface area contributed by atoms with Gasteiger partial charge < -0.3 is 19.5 Å². The number of benzene rings is 1. The molecule has 8 nitrogen and oxygen atoms in total. The van der Waals surface area contributed by atoms with Gasteiger partial charge in [-0.25, -0.2) is 17.8 Å². The van der Waals surface area contributed by atoms with Crippen LogP contribution in [0.15, 0.2) is 35.4 Å². The number of hydrogen-bond acceptors (Lipinski definition) is 6. The van der Waals surface area contributed by atoms with Crippen LogP contribution in [-0.2, 0) is 10.0 Å². The van der Waals surface area contributed by atoms with Crippen molar-refractivity contribution in [2.75, 3.05) is 13.2 Å². The minimum Gasteiger partial charge on any atom is -0.571 e. The van der Waals surface area contributed by atoms with E-state index in [-0.39, 0.29) is 64.6 Å². The van der Waals surface area contributed by atoms with Crippen LogP contribution in [0.5, 0.6) is 11.6 Å². The molecule has 2 heterocycles. The van der Waals surface area contributed by atoms with E-state index in [1.54, 1.807) is 6.92 Å². The number of carbonyl (C=O) groups is 1. The van der Waals surface area contributed by atoms with E-state index in [0.29, 0.717) is 6.61 Å². The second-order valence-corrected chi connectivity index (χ2v) is 8.23. The number of rotatable bonds is 5. The molecular weight excluding hydrogens is 412 g/mol. The molecule has 11 heteroatoms. The van der Waals surface area contributed by atoms with Crippen LogP contribution in [0, 0.1) is 5.82 Å². The molecule has 1 aromatic carbocycles. The molecule has 4 rings (SSSR count). The maximum Gasteiger partial charge on any atom is 1.00 e. The minimum absolute atomic E-state index is 0. The van der Waals surface area contributed by atoms with Crippen LogP contribution in [0.2, 0.25) is 0 Å². The van der Waals surface area contributed by atoms with E-state index in [9.17, 15) is 17.6 Å². The number of hydrogen-bond donors (Lipinski definition) is 1.